The first-order valence-corrected chi connectivity index (χ1v) is 6.20. The molecular formula is C14H19N3O. The highest BCUT2D eigenvalue weighted by atomic mass is 16.5. The zero-order valence-electron chi connectivity index (χ0n) is 11.3. The van der Waals surface area contributed by atoms with Crippen LogP contribution in [0.4, 0.5) is 0 Å². The summed E-state index contributed by atoms with van der Waals surface area (Å²) in [6, 6.07) is 8.25. The lowest BCUT2D eigenvalue weighted by Crippen LogP contribution is -2.14. The summed E-state index contributed by atoms with van der Waals surface area (Å²) in [5, 5.41) is 8.29. The van der Waals surface area contributed by atoms with Gasteiger partial charge >= 0.3 is 0 Å². The van der Waals surface area contributed by atoms with E-state index < -0.39 is 0 Å². The number of ether oxygens (including phenoxy) is 1. The van der Waals surface area contributed by atoms with Crippen LogP contribution in [0.1, 0.15) is 32.6 Å². The smallest absolute Gasteiger partial charge is 0.149 e. The molecule has 0 aliphatic rings. The molecule has 0 spiro atoms. The molecule has 1 heterocycles. The summed E-state index contributed by atoms with van der Waals surface area (Å²) in [6.07, 6.45) is 1.99. The van der Waals surface area contributed by atoms with Crippen LogP contribution in [-0.4, -0.2) is 21.1 Å². The van der Waals surface area contributed by atoms with Gasteiger partial charge in [0.05, 0.1) is 12.3 Å². The molecule has 2 aromatic rings. The quantitative estimate of drug-likeness (QED) is 0.830. The van der Waals surface area contributed by atoms with Gasteiger partial charge in [0, 0.05) is 5.56 Å². The Balaban J connectivity index is 2.17. The van der Waals surface area contributed by atoms with Gasteiger partial charge < -0.3 is 4.74 Å². The minimum atomic E-state index is -0.100. The number of rotatable bonds is 4. The fraction of sp³-hybridized carbons (Fsp3) is 0.429. The van der Waals surface area contributed by atoms with Gasteiger partial charge in [-0.25, -0.2) is 4.68 Å². The van der Waals surface area contributed by atoms with Crippen molar-refractivity contribution in [3.8, 4) is 11.3 Å². The first kappa shape index (κ1) is 12.8. The Labute approximate surface area is 108 Å². The number of nitrogens with zero attached hydrogens (tertiary/aromatic N) is 3. The molecule has 0 aliphatic carbocycles. The molecule has 0 N–H and O–H groups in total. The highest BCUT2D eigenvalue weighted by Gasteiger charge is 2.10. The van der Waals surface area contributed by atoms with Crippen molar-refractivity contribution in [3.63, 3.8) is 0 Å². The third-order valence-corrected chi connectivity index (χ3v) is 2.70. The molecule has 0 saturated heterocycles. The van der Waals surface area contributed by atoms with Crippen LogP contribution in [0.3, 0.4) is 0 Å². The van der Waals surface area contributed by atoms with E-state index in [9.17, 15) is 0 Å². The predicted octanol–water partition coefficient (Wildman–Crippen LogP) is 3.20. The molecule has 1 atom stereocenters. The standard InChI is InChI=1S/C14H19N3O/c1-10(2)18-12(4)17-9-14(15-16-17)13-7-5-11(3)6-8-13/h5-10,12H,1-4H3. The molecule has 0 radical (unpaired) electrons. The Morgan fingerprint density at radius 2 is 1.78 bits per heavy atom. The number of aromatic nitrogens is 3. The molecule has 0 fully saturated rings. The first-order chi connectivity index (χ1) is 8.56. The summed E-state index contributed by atoms with van der Waals surface area (Å²) in [4.78, 5) is 0. The highest BCUT2D eigenvalue weighted by Crippen LogP contribution is 2.18. The van der Waals surface area contributed by atoms with Gasteiger partial charge in [0.2, 0.25) is 0 Å². The number of hydrogen-bond donors (Lipinski definition) is 0. The van der Waals surface area contributed by atoms with E-state index in [1.165, 1.54) is 5.56 Å². The van der Waals surface area contributed by atoms with Gasteiger partial charge in [-0.05, 0) is 27.7 Å². The van der Waals surface area contributed by atoms with Gasteiger partial charge in [0.15, 0.2) is 0 Å². The SMILES string of the molecule is Cc1ccc(-c2cn(C(C)OC(C)C)nn2)cc1. The molecule has 18 heavy (non-hydrogen) atoms. The molecule has 0 aliphatic heterocycles. The molecule has 0 bridgehead atoms. The average molecular weight is 245 g/mol. The van der Waals surface area contributed by atoms with E-state index in [-0.39, 0.29) is 12.3 Å². The zero-order chi connectivity index (χ0) is 13.1. The van der Waals surface area contributed by atoms with Crippen LogP contribution in [0.5, 0.6) is 0 Å². The molecule has 1 aromatic carbocycles. The summed E-state index contributed by atoms with van der Waals surface area (Å²) in [5.41, 5.74) is 3.18. The number of aryl methyl sites for hydroxylation is 1. The molecule has 2 rings (SSSR count). The van der Waals surface area contributed by atoms with Crippen molar-refractivity contribution >= 4 is 0 Å². The normalized spacial score (nSPS) is 12.9. The van der Waals surface area contributed by atoms with Gasteiger partial charge in [0.25, 0.3) is 0 Å². The maximum absolute atomic E-state index is 5.66. The van der Waals surface area contributed by atoms with Crippen molar-refractivity contribution in [1.82, 2.24) is 15.0 Å². The van der Waals surface area contributed by atoms with Crippen LogP contribution >= 0.6 is 0 Å². The van der Waals surface area contributed by atoms with Gasteiger partial charge in [-0.15, -0.1) is 5.10 Å². The molecule has 0 amide bonds. The Hall–Kier alpha value is -1.68. The molecule has 1 unspecified atom stereocenters. The molecule has 4 heteroatoms. The van der Waals surface area contributed by atoms with Crippen molar-refractivity contribution in [2.45, 2.75) is 40.0 Å². The van der Waals surface area contributed by atoms with Crippen molar-refractivity contribution in [3.05, 3.63) is 36.0 Å². The predicted molar refractivity (Wildman–Crippen MR) is 71.1 cm³/mol. The van der Waals surface area contributed by atoms with E-state index in [0.29, 0.717) is 0 Å². The van der Waals surface area contributed by atoms with E-state index in [2.05, 4.69) is 41.5 Å². The van der Waals surface area contributed by atoms with Crippen LogP contribution in [0.15, 0.2) is 30.5 Å². The summed E-state index contributed by atoms with van der Waals surface area (Å²) in [7, 11) is 0. The number of benzene rings is 1. The lowest BCUT2D eigenvalue weighted by Gasteiger charge is -2.15. The van der Waals surface area contributed by atoms with Gasteiger partial charge in [-0.1, -0.05) is 35.0 Å². The minimum Gasteiger partial charge on any atom is -0.354 e. The van der Waals surface area contributed by atoms with Gasteiger partial charge in [0.1, 0.15) is 11.9 Å². The highest BCUT2D eigenvalue weighted by molar-refractivity contribution is 5.57. The monoisotopic (exact) mass is 245 g/mol. The summed E-state index contributed by atoms with van der Waals surface area (Å²) in [5.74, 6) is 0. The zero-order valence-corrected chi connectivity index (χ0v) is 11.3. The fourth-order valence-corrected chi connectivity index (χ4v) is 1.77. The first-order valence-electron chi connectivity index (χ1n) is 6.20. The van der Waals surface area contributed by atoms with Gasteiger partial charge in [-0.3, -0.25) is 0 Å². The Morgan fingerprint density at radius 3 is 2.39 bits per heavy atom. The van der Waals surface area contributed by atoms with E-state index in [4.69, 9.17) is 4.74 Å². The molecule has 1 aromatic heterocycles. The number of hydrogen-bond acceptors (Lipinski definition) is 3. The van der Waals surface area contributed by atoms with Crippen molar-refractivity contribution in [2.75, 3.05) is 0 Å². The third kappa shape index (κ3) is 2.96. The van der Waals surface area contributed by atoms with Gasteiger partial charge in [-0.2, -0.15) is 0 Å². The maximum atomic E-state index is 5.66. The fourth-order valence-electron chi connectivity index (χ4n) is 1.77. The van der Waals surface area contributed by atoms with Crippen LogP contribution in [0.2, 0.25) is 0 Å². The van der Waals surface area contributed by atoms with Crippen LogP contribution < -0.4 is 0 Å². The third-order valence-electron chi connectivity index (χ3n) is 2.70. The minimum absolute atomic E-state index is 0.100. The summed E-state index contributed by atoms with van der Waals surface area (Å²) >= 11 is 0. The molecule has 96 valence electrons. The largest absolute Gasteiger partial charge is 0.354 e. The maximum Gasteiger partial charge on any atom is 0.149 e. The van der Waals surface area contributed by atoms with Crippen LogP contribution in [0.25, 0.3) is 11.3 Å². The van der Waals surface area contributed by atoms with Crippen molar-refractivity contribution in [1.29, 1.82) is 0 Å². The topological polar surface area (TPSA) is 39.9 Å². The van der Waals surface area contributed by atoms with E-state index in [0.717, 1.165) is 11.3 Å². The second-order valence-electron chi connectivity index (χ2n) is 4.73. The molecule has 0 saturated carbocycles. The second kappa shape index (κ2) is 5.31. The Morgan fingerprint density at radius 1 is 1.11 bits per heavy atom. The van der Waals surface area contributed by atoms with E-state index in [1.807, 2.05) is 27.0 Å². The lowest BCUT2D eigenvalue weighted by molar-refractivity contribution is -0.0329. The van der Waals surface area contributed by atoms with Crippen molar-refractivity contribution < 1.29 is 4.74 Å². The lowest BCUT2D eigenvalue weighted by atomic mass is 10.1. The van der Waals surface area contributed by atoms with E-state index >= 15 is 0 Å². The summed E-state index contributed by atoms with van der Waals surface area (Å²) in [6.45, 7) is 8.05. The molecule has 4 nitrogen and oxygen atoms in total. The van der Waals surface area contributed by atoms with Crippen LogP contribution in [-0.2, 0) is 4.74 Å². The Kier molecular flexibility index (Phi) is 3.77. The molecular weight excluding hydrogens is 226 g/mol. The van der Waals surface area contributed by atoms with Crippen molar-refractivity contribution in [2.24, 2.45) is 0 Å². The average Bonchev–Trinajstić information content (AvgIpc) is 2.78. The van der Waals surface area contributed by atoms with E-state index in [1.54, 1.807) is 4.68 Å². The summed E-state index contributed by atoms with van der Waals surface area (Å²) < 4.78 is 7.41. The second-order valence-corrected chi connectivity index (χ2v) is 4.73. The van der Waals surface area contributed by atoms with Crippen LogP contribution in [0, 0.1) is 6.92 Å². The Bertz CT molecular complexity index is 502.